The van der Waals surface area contributed by atoms with Crippen molar-refractivity contribution in [3.8, 4) is 0 Å². The minimum atomic E-state index is -0.635. The first-order chi connectivity index (χ1) is 13.0. The van der Waals surface area contributed by atoms with Gasteiger partial charge in [0.05, 0.1) is 11.6 Å². The van der Waals surface area contributed by atoms with Gasteiger partial charge in [-0.3, -0.25) is 9.59 Å². The number of carbonyl (C=O) groups excluding carboxylic acids is 2. The number of aliphatic hydroxyl groups excluding tert-OH is 1. The summed E-state index contributed by atoms with van der Waals surface area (Å²) in [5, 5.41) is 12.9. The van der Waals surface area contributed by atoms with E-state index in [-0.39, 0.29) is 11.3 Å². The number of rotatable bonds is 6. The molecule has 2 heterocycles. The Bertz CT molecular complexity index is 886. The lowest BCUT2D eigenvalue weighted by Crippen LogP contribution is -2.31. The van der Waals surface area contributed by atoms with Gasteiger partial charge in [-0.05, 0) is 43.3 Å². The Morgan fingerprint density at radius 3 is 2.70 bits per heavy atom. The Hall–Kier alpha value is -2.44. The number of nitrogens with zero attached hydrogens (tertiary/aromatic N) is 1. The molecular weight excluding hydrogens is 362 g/mol. The Labute approximate surface area is 162 Å². The minimum absolute atomic E-state index is 0.109. The zero-order valence-corrected chi connectivity index (χ0v) is 16.5. The largest absolute Gasteiger partial charge is 0.507 e. The summed E-state index contributed by atoms with van der Waals surface area (Å²) >= 11 is 1.47. The van der Waals surface area contributed by atoms with Crippen LogP contribution in [0.3, 0.4) is 0 Å². The van der Waals surface area contributed by atoms with Gasteiger partial charge in [-0.25, -0.2) is 0 Å². The molecule has 1 N–H and O–H groups in total. The molecule has 1 aromatic heterocycles. The molecular formula is C21H23NO4S. The van der Waals surface area contributed by atoms with Gasteiger partial charge in [0.15, 0.2) is 0 Å². The third kappa shape index (κ3) is 3.68. The molecule has 3 rings (SSSR count). The molecule has 1 amide bonds. The van der Waals surface area contributed by atoms with E-state index in [1.807, 2.05) is 49.6 Å². The first-order valence-corrected chi connectivity index (χ1v) is 9.72. The maximum absolute atomic E-state index is 12.8. The summed E-state index contributed by atoms with van der Waals surface area (Å²) in [7, 11) is 1.60. The zero-order chi connectivity index (χ0) is 19.6. The van der Waals surface area contributed by atoms with Gasteiger partial charge in [-0.15, -0.1) is 11.3 Å². The van der Waals surface area contributed by atoms with E-state index in [0.29, 0.717) is 25.1 Å². The molecule has 0 radical (unpaired) electrons. The summed E-state index contributed by atoms with van der Waals surface area (Å²) in [6.45, 7) is 4.70. The van der Waals surface area contributed by atoms with Gasteiger partial charge < -0.3 is 14.7 Å². The predicted molar refractivity (Wildman–Crippen MR) is 106 cm³/mol. The van der Waals surface area contributed by atoms with Crippen LogP contribution < -0.4 is 0 Å². The highest BCUT2D eigenvalue weighted by molar-refractivity contribution is 7.10. The van der Waals surface area contributed by atoms with Crippen LogP contribution in [0, 0.1) is 13.8 Å². The van der Waals surface area contributed by atoms with Gasteiger partial charge in [-0.2, -0.15) is 0 Å². The summed E-state index contributed by atoms with van der Waals surface area (Å²) in [6.07, 6.45) is 0.620. The normalized spacial score (nSPS) is 19.1. The van der Waals surface area contributed by atoms with Gasteiger partial charge >= 0.3 is 0 Å². The second kappa shape index (κ2) is 8.06. The van der Waals surface area contributed by atoms with Crippen molar-refractivity contribution in [3.05, 3.63) is 62.9 Å². The molecule has 0 bridgehead atoms. The predicted octanol–water partition coefficient (Wildman–Crippen LogP) is 3.82. The van der Waals surface area contributed by atoms with E-state index in [1.54, 1.807) is 12.0 Å². The van der Waals surface area contributed by atoms with Crippen LogP contribution in [0.1, 0.15) is 34.0 Å². The van der Waals surface area contributed by atoms with E-state index in [9.17, 15) is 14.7 Å². The number of methoxy groups -OCH3 is 1. The number of likely N-dealkylation sites (tertiary alicyclic amines) is 1. The molecule has 1 aliphatic heterocycles. The molecule has 2 aromatic rings. The SMILES string of the molecule is COCCCN1C(=O)C(=O)/C(=C(/O)c2cc(C)ccc2C)C1c1cccs1. The van der Waals surface area contributed by atoms with Crippen molar-refractivity contribution >= 4 is 28.8 Å². The maximum Gasteiger partial charge on any atom is 0.295 e. The number of hydrogen-bond donors (Lipinski definition) is 1. The second-order valence-corrected chi connectivity index (χ2v) is 7.65. The van der Waals surface area contributed by atoms with Crippen LogP contribution in [0.15, 0.2) is 41.3 Å². The van der Waals surface area contributed by atoms with Crippen LogP contribution in [0.25, 0.3) is 5.76 Å². The van der Waals surface area contributed by atoms with Crippen LogP contribution in [-0.2, 0) is 14.3 Å². The van der Waals surface area contributed by atoms with E-state index in [2.05, 4.69) is 0 Å². The molecule has 0 aliphatic carbocycles. The number of ether oxygens (including phenoxy) is 1. The summed E-state index contributed by atoms with van der Waals surface area (Å²) in [5.74, 6) is -1.32. The van der Waals surface area contributed by atoms with Crippen LogP contribution in [0.2, 0.25) is 0 Å². The number of benzene rings is 1. The van der Waals surface area contributed by atoms with Gasteiger partial charge in [0.1, 0.15) is 5.76 Å². The second-order valence-electron chi connectivity index (χ2n) is 6.67. The van der Waals surface area contributed by atoms with Crippen molar-refractivity contribution in [1.29, 1.82) is 0 Å². The summed E-state index contributed by atoms with van der Waals surface area (Å²) < 4.78 is 5.08. The fourth-order valence-electron chi connectivity index (χ4n) is 3.37. The summed E-state index contributed by atoms with van der Waals surface area (Å²) in [5.41, 5.74) is 2.58. The van der Waals surface area contributed by atoms with Crippen molar-refractivity contribution in [1.82, 2.24) is 4.90 Å². The molecule has 1 fully saturated rings. The number of hydrogen-bond acceptors (Lipinski definition) is 5. The molecule has 1 saturated heterocycles. The molecule has 27 heavy (non-hydrogen) atoms. The van der Waals surface area contributed by atoms with E-state index >= 15 is 0 Å². The molecule has 5 nitrogen and oxygen atoms in total. The quantitative estimate of drug-likeness (QED) is 0.355. The smallest absolute Gasteiger partial charge is 0.295 e. The van der Waals surface area contributed by atoms with Crippen LogP contribution >= 0.6 is 11.3 Å². The third-order valence-electron chi connectivity index (χ3n) is 4.75. The van der Waals surface area contributed by atoms with Crippen LogP contribution in [0.5, 0.6) is 0 Å². The van der Waals surface area contributed by atoms with Crippen molar-refractivity contribution < 1.29 is 19.4 Å². The summed E-state index contributed by atoms with van der Waals surface area (Å²) in [4.78, 5) is 27.9. The lowest BCUT2D eigenvalue weighted by molar-refractivity contribution is -0.140. The first kappa shape index (κ1) is 19.3. The third-order valence-corrected chi connectivity index (χ3v) is 5.67. The van der Waals surface area contributed by atoms with Crippen molar-refractivity contribution in [2.75, 3.05) is 20.3 Å². The molecule has 0 spiro atoms. The van der Waals surface area contributed by atoms with Gasteiger partial charge in [0, 0.05) is 30.7 Å². The van der Waals surface area contributed by atoms with E-state index in [4.69, 9.17) is 4.74 Å². The number of aliphatic hydroxyl groups is 1. The number of aryl methyl sites for hydroxylation is 2. The Morgan fingerprint density at radius 2 is 2.04 bits per heavy atom. The lowest BCUT2D eigenvalue weighted by atomic mass is 9.96. The minimum Gasteiger partial charge on any atom is -0.507 e. The highest BCUT2D eigenvalue weighted by Crippen LogP contribution is 2.41. The fraction of sp³-hybridized carbons (Fsp3) is 0.333. The topological polar surface area (TPSA) is 66.8 Å². The number of Topliss-reactive ketones (excluding diaryl/α,β-unsaturated/α-hetero) is 1. The summed E-state index contributed by atoms with van der Waals surface area (Å²) in [6, 6.07) is 8.90. The Morgan fingerprint density at radius 1 is 1.26 bits per heavy atom. The monoisotopic (exact) mass is 385 g/mol. The fourth-order valence-corrected chi connectivity index (χ4v) is 4.21. The molecule has 6 heteroatoms. The van der Waals surface area contributed by atoms with Gasteiger partial charge in [-0.1, -0.05) is 23.8 Å². The number of carbonyl (C=O) groups is 2. The van der Waals surface area contributed by atoms with Crippen molar-refractivity contribution in [2.24, 2.45) is 0 Å². The highest BCUT2D eigenvalue weighted by atomic mass is 32.1. The standard InChI is InChI=1S/C21H23NO4S/c1-13-7-8-14(2)15(12-13)19(23)17-18(16-6-4-11-27-16)22(9-5-10-26-3)21(25)20(17)24/h4,6-8,11-12,18,23H,5,9-10H2,1-3H3/b19-17+. The maximum atomic E-state index is 12.8. The molecule has 1 atom stereocenters. The number of thiophene rings is 1. The molecule has 1 aliphatic rings. The molecule has 1 unspecified atom stereocenters. The first-order valence-electron chi connectivity index (χ1n) is 8.84. The average Bonchev–Trinajstić information content (AvgIpc) is 3.25. The van der Waals surface area contributed by atoms with E-state index in [1.165, 1.54) is 11.3 Å². The Balaban J connectivity index is 2.12. The number of amides is 1. The van der Waals surface area contributed by atoms with E-state index in [0.717, 1.165) is 16.0 Å². The van der Waals surface area contributed by atoms with E-state index < -0.39 is 17.7 Å². The Kier molecular flexibility index (Phi) is 5.77. The van der Waals surface area contributed by atoms with Crippen LogP contribution in [-0.4, -0.2) is 42.0 Å². The lowest BCUT2D eigenvalue weighted by Gasteiger charge is -2.24. The van der Waals surface area contributed by atoms with Crippen LogP contribution in [0.4, 0.5) is 0 Å². The van der Waals surface area contributed by atoms with Crippen molar-refractivity contribution in [2.45, 2.75) is 26.3 Å². The molecule has 0 saturated carbocycles. The van der Waals surface area contributed by atoms with Crippen molar-refractivity contribution in [3.63, 3.8) is 0 Å². The zero-order valence-electron chi connectivity index (χ0n) is 15.7. The van der Waals surface area contributed by atoms with Gasteiger partial charge in [0.25, 0.3) is 11.7 Å². The molecule has 1 aromatic carbocycles. The number of ketones is 1. The highest BCUT2D eigenvalue weighted by Gasteiger charge is 2.46. The van der Waals surface area contributed by atoms with Gasteiger partial charge in [0.2, 0.25) is 0 Å². The molecule has 142 valence electrons. The average molecular weight is 385 g/mol.